The molecule has 0 saturated heterocycles. The van der Waals surface area contributed by atoms with Crippen LogP contribution in [-0.4, -0.2) is 54.5 Å². The fraction of sp³-hybridized carbons (Fsp3) is 0.526. The van der Waals surface area contributed by atoms with Crippen molar-refractivity contribution in [2.45, 2.75) is 40.2 Å². The largest absolute Gasteiger partial charge is 0.462 e. The topological polar surface area (TPSA) is 87.7 Å². The molecule has 0 heterocycles. The van der Waals surface area contributed by atoms with Gasteiger partial charge >= 0.3 is 5.97 Å². The van der Waals surface area contributed by atoms with Gasteiger partial charge in [0, 0.05) is 5.54 Å². The molecule has 0 bridgehead atoms. The summed E-state index contributed by atoms with van der Waals surface area (Å²) in [6.45, 7) is 10.3. The Labute approximate surface area is 155 Å². The fourth-order valence-electron chi connectivity index (χ4n) is 2.31. The summed E-state index contributed by atoms with van der Waals surface area (Å²) in [5, 5.41) is 5.59. The summed E-state index contributed by atoms with van der Waals surface area (Å²) in [7, 11) is 0. The molecule has 0 aliphatic carbocycles. The zero-order valence-corrected chi connectivity index (χ0v) is 16.2. The molecule has 7 nitrogen and oxygen atoms in total. The van der Waals surface area contributed by atoms with Crippen molar-refractivity contribution in [1.29, 1.82) is 0 Å². The number of likely N-dealkylation sites (N-methyl/N-ethyl adjacent to an activating group) is 1. The van der Waals surface area contributed by atoms with Gasteiger partial charge in [0.05, 0.1) is 30.9 Å². The van der Waals surface area contributed by atoms with Gasteiger partial charge in [-0.2, -0.15) is 0 Å². The van der Waals surface area contributed by atoms with E-state index in [1.807, 2.05) is 27.7 Å². The van der Waals surface area contributed by atoms with Crippen molar-refractivity contribution in [1.82, 2.24) is 10.2 Å². The van der Waals surface area contributed by atoms with Crippen molar-refractivity contribution in [3.05, 3.63) is 29.8 Å². The monoisotopic (exact) mass is 363 g/mol. The predicted octanol–water partition coefficient (Wildman–Crippen LogP) is 2.04. The highest BCUT2D eigenvalue weighted by molar-refractivity contribution is 6.01. The summed E-state index contributed by atoms with van der Waals surface area (Å²) >= 11 is 0. The predicted molar refractivity (Wildman–Crippen MR) is 101 cm³/mol. The second kappa shape index (κ2) is 9.91. The molecular weight excluding hydrogens is 334 g/mol. The molecule has 0 spiro atoms. The molecule has 0 radical (unpaired) electrons. The van der Waals surface area contributed by atoms with Crippen LogP contribution in [0.5, 0.6) is 0 Å². The summed E-state index contributed by atoms with van der Waals surface area (Å²) < 4.78 is 5.00. The first kappa shape index (κ1) is 21.6. The van der Waals surface area contributed by atoms with Crippen LogP contribution < -0.4 is 10.6 Å². The molecule has 2 amide bonds. The van der Waals surface area contributed by atoms with Crippen LogP contribution >= 0.6 is 0 Å². The zero-order chi connectivity index (χ0) is 19.7. The molecule has 1 aromatic rings. The van der Waals surface area contributed by atoms with E-state index in [4.69, 9.17) is 4.74 Å². The number of hydrogen-bond donors (Lipinski definition) is 2. The zero-order valence-electron chi connectivity index (χ0n) is 16.2. The minimum absolute atomic E-state index is 0.0468. The smallest absolute Gasteiger partial charge is 0.340 e. The quantitative estimate of drug-likeness (QED) is 0.690. The van der Waals surface area contributed by atoms with Crippen molar-refractivity contribution >= 4 is 23.5 Å². The van der Waals surface area contributed by atoms with Crippen molar-refractivity contribution in [2.75, 3.05) is 31.6 Å². The van der Waals surface area contributed by atoms with Crippen LogP contribution in [0.15, 0.2) is 24.3 Å². The van der Waals surface area contributed by atoms with E-state index < -0.39 is 5.97 Å². The number of esters is 1. The molecule has 26 heavy (non-hydrogen) atoms. The molecule has 0 atom stereocenters. The maximum Gasteiger partial charge on any atom is 0.340 e. The van der Waals surface area contributed by atoms with Gasteiger partial charge in [0.2, 0.25) is 11.8 Å². The van der Waals surface area contributed by atoms with E-state index in [1.54, 1.807) is 36.1 Å². The summed E-state index contributed by atoms with van der Waals surface area (Å²) in [6, 6.07) is 6.68. The van der Waals surface area contributed by atoms with E-state index in [9.17, 15) is 14.4 Å². The second-order valence-corrected chi connectivity index (χ2v) is 6.92. The van der Waals surface area contributed by atoms with E-state index in [2.05, 4.69) is 10.6 Å². The van der Waals surface area contributed by atoms with Crippen molar-refractivity contribution in [3.63, 3.8) is 0 Å². The van der Waals surface area contributed by atoms with Crippen LogP contribution in [0.4, 0.5) is 5.69 Å². The lowest BCUT2D eigenvalue weighted by Gasteiger charge is -2.24. The number of hydrogen-bond acceptors (Lipinski definition) is 5. The highest BCUT2D eigenvalue weighted by Crippen LogP contribution is 2.16. The van der Waals surface area contributed by atoms with Crippen LogP contribution in [0, 0.1) is 0 Å². The number of amides is 2. The lowest BCUT2D eigenvalue weighted by atomic mass is 10.1. The Bertz CT molecular complexity index is 638. The van der Waals surface area contributed by atoms with E-state index in [-0.39, 0.29) is 37.0 Å². The normalized spacial score (nSPS) is 11.2. The summed E-state index contributed by atoms with van der Waals surface area (Å²) in [5.41, 5.74) is 0.375. The minimum atomic E-state index is -0.486. The molecule has 1 rings (SSSR count). The number of nitrogens with zero attached hydrogens (tertiary/aromatic N) is 1. The second-order valence-electron chi connectivity index (χ2n) is 6.92. The average Bonchev–Trinajstić information content (AvgIpc) is 2.53. The van der Waals surface area contributed by atoms with Gasteiger partial charge in [-0.1, -0.05) is 19.1 Å². The Hall–Kier alpha value is -2.41. The van der Waals surface area contributed by atoms with Crippen LogP contribution in [0.1, 0.15) is 45.0 Å². The lowest BCUT2D eigenvalue weighted by molar-refractivity contribution is -0.124. The molecule has 0 aliphatic heterocycles. The molecule has 0 unspecified atom stereocenters. The van der Waals surface area contributed by atoms with Crippen LogP contribution in [-0.2, 0) is 14.3 Å². The molecule has 144 valence electrons. The van der Waals surface area contributed by atoms with E-state index in [0.29, 0.717) is 17.8 Å². The van der Waals surface area contributed by atoms with Gasteiger partial charge in [-0.15, -0.1) is 0 Å². The SMILES string of the molecule is CCOC(=O)c1ccccc1NC(=O)CN(CC)CC(=O)NC(C)(C)C. The standard InChI is InChI=1S/C19H29N3O4/c1-6-22(13-17(24)21-19(3,4)5)12-16(23)20-15-11-9-8-10-14(15)18(25)26-7-2/h8-11H,6-7,12-13H2,1-5H3,(H,20,23)(H,21,24). The number of para-hydroxylation sites is 1. The Morgan fingerprint density at radius 2 is 1.65 bits per heavy atom. The van der Waals surface area contributed by atoms with E-state index >= 15 is 0 Å². The third kappa shape index (κ3) is 7.65. The number of anilines is 1. The van der Waals surface area contributed by atoms with Gasteiger partial charge in [0.25, 0.3) is 0 Å². The number of nitrogens with one attached hydrogen (secondary N) is 2. The molecule has 7 heteroatoms. The molecule has 0 saturated carbocycles. The van der Waals surface area contributed by atoms with Gasteiger partial charge in [-0.25, -0.2) is 4.79 Å². The molecule has 0 aliphatic rings. The molecule has 1 aromatic carbocycles. The van der Waals surface area contributed by atoms with Crippen LogP contribution in [0.2, 0.25) is 0 Å². The summed E-state index contributed by atoms with van der Waals surface area (Å²) in [5.74, 6) is -0.925. The lowest BCUT2D eigenvalue weighted by Crippen LogP contribution is -2.47. The van der Waals surface area contributed by atoms with Gasteiger partial charge in [-0.05, 0) is 46.4 Å². The molecular formula is C19H29N3O4. The van der Waals surface area contributed by atoms with E-state index in [1.165, 1.54) is 0 Å². The van der Waals surface area contributed by atoms with Crippen LogP contribution in [0.25, 0.3) is 0 Å². The number of benzene rings is 1. The summed E-state index contributed by atoms with van der Waals surface area (Å²) in [6.07, 6.45) is 0. The maximum atomic E-state index is 12.3. The molecule has 0 aromatic heterocycles. The minimum Gasteiger partial charge on any atom is -0.462 e. The van der Waals surface area contributed by atoms with Gasteiger partial charge in [0.15, 0.2) is 0 Å². The molecule has 0 fully saturated rings. The van der Waals surface area contributed by atoms with Crippen molar-refractivity contribution < 1.29 is 19.1 Å². The fourth-order valence-corrected chi connectivity index (χ4v) is 2.31. The number of carbonyl (C=O) groups excluding carboxylic acids is 3. The van der Waals surface area contributed by atoms with E-state index in [0.717, 1.165) is 0 Å². The third-order valence-corrected chi connectivity index (χ3v) is 3.39. The highest BCUT2D eigenvalue weighted by atomic mass is 16.5. The average molecular weight is 363 g/mol. The molecule has 2 N–H and O–H groups in total. The number of ether oxygens (including phenoxy) is 1. The first-order valence-electron chi connectivity index (χ1n) is 8.75. The van der Waals surface area contributed by atoms with Gasteiger partial charge < -0.3 is 15.4 Å². The van der Waals surface area contributed by atoms with Crippen molar-refractivity contribution in [3.8, 4) is 0 Å². The highest BCUT2D eigenvalue weighted by Gasteiger charge is 2.19. The first-order valence-corrected chi connectivity index (χ1v) is 8.75. The number of carbonyl (C=O) groups is 3. The third-order valence-electron chi connectivity index (χ3n) is 3.39. The Morgan fingerprint density at radius 3 is 2.23 bits per heavy atom. The van der Waals surface area contributed by atoms with Gasteiger partial charge in [-0.3, -0.25) is 14.5 Å². The van der Waals surface area contributed by atoms with Crippen molar-refractivity contribution in [2.24, 2.45) is 0 Å². The Kier molecular flexibility index (Phi) is 8.25. The first-order chi connectivity index (χ1) is 12.2. The maximum absolute atomic E-state index is 12.3. The van der Waals surface area contributed by atoms with Crippen LogP contribution in [0.3, 0.4) is 0 Å². The summed E-state index contributed by atoms with van der Waals surface area (Å²) in [4.78, 5) is 38.1. The Balaban J connectivity index is 2.70. The van der Waals surface area contributed by atoms with Gasteiger partial charge in [0.1, 0.15) is 0 Å². The Morgan fingerprint density at radius 1 is 1.04 bits per heavy atom. The number of rotatable bonds is 8.